The average molecular weight is 328 g/mol. The lowest BCUT2D eigenvalue weighted by Gasteiger charge is -2.12. The molecule has 0 heterocycles. The highest BCUT2D eigenvalue weighted by atomic mass is 35.5. The fourth-order valence-corrected chi connectivity index (χ4v) is 2.60. The van der Waals surface area contributed by atoms with Crippen LogP contribution in [-0.2, 0) is 4.79 Å². The van der Waals surface area contributed by atoms with Crippen LogP contribution < -0.4 is 5.32 Å². The molecule has 0 bridgehead atoms. The van der Waals surface area contributed by atoms with Gasteiger partial charge in [0, 0.05) is 15.6 Å². The molecule has 2 nitrogen and oxygen atoms in total. The standard InChI is InChI=1S/C15H12ClF2NOS/c1-9(21-12-6-7-13(17)14(18)8-12)15(20)19-11-4-2-10(16)3-5-11/h2-9H,1H3,(H,19,20)/t9-/m1/s1. The Morgan fingerprint density at radius 1 is 1.14 bits per heavy atom. The lowest BCUT2D eigenvalue weighted by molar-refractivity contribution is -0.115. The molecule has 1 atom stereocenters. The van der Waals surface area contributed by atoms with Crippen molar-refractivity contribution >= 4 is 35.0 Å². The van der Waals surface area contributed by atoms with Gasteiger partial charge in [-0.1, -0.05) is 11.6 Å². The number of anilines is 1. The Morgan fingerprint density at radius 3 is 2.43 bits per heavy atom. The van der Waals surface area contributed by atoms with Crippen molar-refractivity contribution in [3.8, 4) is 0 Å². The summed E-state index contributed by atoms with van der Waals surface area (Å²) in [6.45, 7) is 1.69. The van der Waals surface area contributed by atoms with Crippen molar-refractivity contribution in [1.82, 2.24) is 0 Å². The van der Waals surface area contributed by atoms with Crippen molar-refractivity contribution in [1.29, 1.82) is 0 Å². The van der Waals surface area contributed by atoms with Gasteiger partial charge in [-0.15, -0.1) is 11.8 Å². The number of hydrogen-bond donors (Lipinski definition) is 1. The lowest BCUT2D eigenvalue weighted by Crippen LogP contribution is -2.22. The number of hydrogen-bond acceptors (Lipinski definition) is 2. The summed E-state index contributed by atoms with van der Waals surface area (Å²) in [6.07, 6.45) is 0. The van der Waals surface area contributed by atoms with Gasteiger partial charge in [0.2, 0.25) is 5.91 Å². The normalized spacial score (nSPS) is 12.0. The summed E-state index contributed by atoms with van der Waals surface area (Å²) >= 11 is 6.91. The molecule has 0 aromatic heterocycles. The highest BCUT2D eigenvalue weighted by molar-refractivity contribution is 8.00. The van der Waals surface area contributed by atoms with E-state index in [0.717, 1.165) is 23.9 Å². The van der Waals surface area contributed by atoms with E-state index in [1.54, 1.807) is 31.2 Å². The van der Waals surface area contributed by atoms with Gasteiger partial charge in [-0.2, -0.15) is 0 Å². The second kappa shape index (κ2) is 6.91. The van der Waals surface area contributed by atoms with Gasteiger partial charge in [0.1, 0.15) is 0 Å². The van der Waals surface area contributed by atoms with Crippen LogP contribution in [0.5, 0.6) is 0 Å². The Bertz CT molecular complexity index is 649. The molecule has 0 spiro atoms. The first-order valence-electron chi connectivity index (χ1n) is 6.14. The van der Waals surface area contributed by atoms with Crippen molar-refractivity contribution < 1.29 is 13.6 Å². The fraction of sp³-hybridized carbons (Fsp3) is 0.133. The Balaban J connectivity index is 1.98. The summed E-state index contributed by atoms with van der Waals surface area (Å²) in [5.74, 6) is -2.06. The van der Waals surface area contributed by atoms with Crippen LogP contribution in [0.15, 0.2) is 47.4 Å². The van der Waals surface area contributed by atoms with E-state index < -0.39 is 16.9 Å². The summed E-state index contributed by atoms with van der Waals surface area (Å²) in [5, 5.41) is 2.86. The molecule has 6 heteroatoms. The maximum Gasteiger partial charge on any atom is 0.237 e. The van der Waals surface area contributed by atoms with Gasteiger partial charge in [0.25, 0.3) is 0 Å². The molecule has 0 aliphatic rings. The van der Waals surface area contributed by atoms with Crippen LogP contribution in [0, 0.1) is 11.6 Å². The molecule has 0 aliphatic carbocycles. The molecular formula is C15H12ClF2NOS. The maximum absolute atomic E-state index is 13.1. The summed E-state index contributed by atoms with van der Waals surface area (Å²) in [6, 6.07) is 10.3. The molecule has 21 heavy (non-hydrogen) atoms. The molecule has 0 radical (unpaired) electrons. The molecule has 0 saturated heterocycles. The summed E-state index contributed by atoms with van der Waals surface area (Å²) < 4.78 is 26.0. The molecule has 0 unspecified atom stereocenters. The maximum atomic E-state index is 13.1. The third-order valence-electron chi connectivity index (χ3n) is 2.68. The zero-order chi connectivity index (χ0) is 15.4. The highest BCUT2D eigenvalue weighted by Gasteiger charge is 2.15. The quantitative estimate of drug-likeness (QED) is 0.822. The molecule has 110 valence electrons. The first-order valence-corrected chi connectivity index (χ1v) is 7.39. The zero-order valence-corrected chi connectivity index (χ0v) is 12.6. The monoisotopic (exact) mass is 327 g/mol. The summed E-state index contributed by atoms with van der Waals surface area (Å²) in [4.78, 5) is 12.5. The summed E-state index contributed by atoms with van der Waals surface area (Å²) in [7, 11) is 0. The second-order valence-corrected chi connectivity index (χ2v) is 6.18. The van der Waals surface area contributed by atoms with E-state index in [0.29, 0.717) is 15.6 Å². The van der Waals surface area contributed by atoms with E-state index >= 15 is 0 Å². The van der Waals surface area contributed by atoms with E-state index in [4.69, 9.17) is 11.6 Å². The zero-order valence-electron chi connectivity index (χ0n) is 11.1. The fourth-order valence-electron chi connectivity index (χ4n) is 1.58. The Morgan fingerprint density at radius 2 is 1.81 bits per heavy atom. The topological polar surface area (TPSA) is 29.1 Å². The van der Waals surface area contributed by atoms with Crippen molar-refractivity contribution in [3.63, 3.8) is 0 Å². The molecule has 0 fully saturated rings. The van der Waals surface area contributed by atoms with E-state index in [-0.39, 0.29) is 5.91 Å². The molecule has 1 N–H and O–H groups in total. The van der Waals surface area contributed by atoms with Crippen LogP contribution in [0.2, 0.25) is 5.02 Å². The number of amides is 1. The molecule has 2 aromatic carbocycles. The Labute approximate surface area is 130 Å². The van der Waals surface area contributed by atoms with Crippen molar-refractivity contribution in [2.75, 3.05) is 5.32 Å². The van der Waals surface area contributed by atoms with Crippen molar-refractivity contribution in [3.05, 3.63) is 59.1 Å². The third-order valence-corrected chi connectivity index (χ3v) is 4.03. The van der Waals surface area contributed by atoms with Crippen molar-refractivity contribution in [2.24, 2.45) is 0 Å². The van der Waals surface area contributed by atoms with E-state index in [1.165, 1.54) is 6.07 Å². The first kappa shape index (κ1) is 15.8. The highest BCUT2D eigenvalue weighted by Crippen LogP contribution is 2.25. The molecule has 2 aromatic rings. The van der Waals surface area contributed by atoms with Crippen LogP contribution in [0.3, 0.4) is 0 Å². The van der Waals surface area contributed by atoms with E-state index in [1.807, 2.05) is 0 Å². The predicted molar refractivity (Wildman–Crippen MR) is 81.8 cm³/mol. The minimum absolute atomic E-state index is 0.230. The molecular weight excluding hydrogens is 316 g/mol. The van der Waals surface area contributed by atoms with Crippen LogP contribution >= 0.6 is 23.4 Å². The molecule has 2 rings (SSSR count). The van der Waals surface area contributed by atoms with Gasteiger partial charge in [0.15, 0.2) is 11.6 Å². The van der Waals surface area contributed by atoms with Gasteiger partial charge in [-0.05, 0) is 49.4 Å². The van der Waals surface area contributed by atoms with Gasteiger partial charge in [-0.25, -0.2) is 8.78 Å². The van der Waals surface area contributed by atoms with Gasteiger partial charge in [0.05, 0.1) is 5.25 Å². The number of carbonyl (C=O) groups is 1. The molecule has 1 amide bonds. The second-order valence-electron chi connectivity index (χ2n) is 4.33. The van der Waals surface area contributed by atoms with Crippen LogP contribution in [0.4, 0.5) is 14.5 Å². The number of halogens is 3. The Hall–Kier alpha value is -1.59. The number of thioether (sulfide) groups is 1. The van der Waals surface area contributed by atoms with Crippen molar-refractivity contribution in [2.45, 2.75) is 17.1 Å². The van der Waals surface area contributed by atoms with Crippen LogP contribution in [0.25, 0.3) is 0 Å². The minimum atomic E-state index is -0.926. The number of benzene rings is 2. The molecule has 0 aliphatic heterocycles. The predicted octanol–water partition coefficient (Wildman–Crippen LogP) is 4.74. The van der Waals surface area contributed by atoms with Gasteiger partial charge in [-0.3, -0.25) is 4.79 Å². The number of carbonyl (C=O) groups excluding carboxylic acids is 1. The largest absolute Gasteiger partial charge is 0.325 e. The van der Waals surface area contributed by atoms with Gasteiger partial charge >= 0.3 is 0 Å². The molecule has 0 saturated carbocycles. The smallest absolute Gasteiger partial charge is 0.237 e. The lowest BCUT2D eigenvalue weighted by atomic mass is 10.3. The minimum Gasteiger partial charge on any atom is -0.325 e. The first-order chi connectivity index (χ1) is 9.95. The third kappa shape index (κ3) is 4.44. The van der Waals surface area contributed by atoms with Gasteiger partial charge < -0.3 is 5.32 Å². The Kier molecular flexibility index (Phi) is 5.20. The van der Waals surface area contributed by atoms with Crippen LogP contribution in [0.1, 0.15) is 6.92 Å². The SMILES string of the molecule is C[C@@H](Sc1ccc(F)c(F)c1)C(=O)Nc1ccc(Cl)cc1. The number of rotatable bonds is 4. The number of nitrogens with one attached hydrogen (secondary N) is 1. The van der Waals surface area contributed by atoms with E-state index in [9.17, 15) is 13.6 Å². The van der Waals surface area contributed by atoms with Crippen LogP contribution in [-0.4, -0.2) is 11.2 Å². The average Bonchev–Trinajstić information content (AvgIpc) is 2.45. The summed E-state index contributed by atoms with van der Waals surface area (Å²) in [5.41, 5.74) is 0.627. The van der Waals surface area contributed by atoms with E-state index in [2.05, 4.69) is 5.32 Å².